The Morgan fingerprint density at radius 2 is 2.08 bits per heavy atom. The van der Waals surface area contributed by atoms with Crippen LogP contribution in [0.15, 0.2) is 18.3 Å². The van der Waals surface area contributed by atoms with Gasteiger partial charge >= 0.3 is 6.03 Å². The van der Waals surface area contributed by atoms with Crippen molar-refractivity contribution in [1.29, 1.82) is 5.26 Å². The van der Waals surface area contributed by atoms with E-state index in [-0.39, 0.29) is 16.7 Å². The minimum atomic E-state index is -0.361. The maximum Gasteiger partial charge on any atom is 0.328 e. The van der Waals surface area contributed by atoms with Crippen LogP contribution >= 0.6 is 11.8 Å². The number of piperazine rings is 1. The van der Waals surface area contributed by atoms with Gasteiger partial charge in [-0.15, -0.1) is 0 Å². The lowest BCUT2D eigenvalue weighted by Crippen LogP contribution is -2.48. The number of aromatic nitrogens is 2. The maximum absolute atomic E-state index is 13.4. The van der Waals surface area contributed by atoms with Gasteiger partial charge in [0.1, 0.15) is 17.7 Å². The van der Waals surface area contributed by atoms with E-state index in [1.165, 1.54) is 6.20 Å². The third kappa shape index (κ3) is 6.72. The first-order chi connectivity index (χ1) is 18.6. The summed E-state index contributed by atoms with van der Waals surface area (Å²) < 4.78 is 5.56. The molecule has 4 heterocycles. The highest BCUT2D eigenvalue weighted by molar-refractivity contribution is 7.99. The molecule has 0 spiro atoms. The number of thioether (sulfide) groups is 1. The zero-order valence-corrected chi connectivity index (χ0v) is 24.0. The van der Waals surface area contributed by atoms with Crippen molar-refractivity contribution >= 4 is 41.0 Å². The van der Waals surface area contributed by atoms with Gasteiger partial charge in [0, 0.05) is 48.8 Å². The van der Waals surface area contributed by atoms with E-state index in [9.17, 15) is 14.9 Å². The van der Waals surface area contributed by atoms with E-state index < -0.39 is 0 Å². The van der Waals surface area contributed by atoms with Crippen molar-refractivity contribution < 1.29 is 14.3 Å². The molecule has 11 nitrogen and oxygen atoms in total. The molecule has 4 rings (SSSR count). The Morgan fingerprint density at radius 1 is 1.28 bits per heavy atom. The van der Waals surface area contributed by atoms with Gasteiger partial charge in [-0.2, -0.15) is 22.0 Å². The molecule has 2 aromatic rings. The number of rotatable bonds is 8. The van der Waals surface area contributed by atoms with Crippen molar-refractivity contribution in [1.82, 2.24) is 19.8 Å². The molecule has 0 unspecified atom stereocenters. The van der Waals surface area contributed by atoms with Crippen molar-refractivity contribution in [3.63, 3.8) is 0 Å². The summed E-state index contributed by atoms with van der Waals surface area (Å²) in [5, 5.41) is 15.7. The molecular weight excluding hydrogens is 516 g/mol. The molecule has 0 saturated carbocycles. The number of likely N-dealkylation sites (N-methyl/N-ethyl adjacent to an activating group) is 1. The van der Waals surface area contributed by atoms with E-state index in [0.717, 1.165) is 30.5 Å². The Labute approximate surface area is 233 Å². The van der Waals surface area contributed by atoms with Crippen LogP contribution < -0.4 is 20.3 Å². The number of carbonyl (C=O) groups is 2. The Kier molecular flexibility index (Phi) is 8.82. The summed E-state index contributed by atoms with van der Waals surface area (Å²) in [4.78, 5) is 40.3. The molecule has 2 aliphatic heterocycles. The molecule has 39 heavy (non-hydrogen) atoms. The zero-order chi connectivity index (χ0) is 28.2. The minimum Gasteiger partial charge on any atom is -0.481 e. The van der Waals surface area contributed by atoms with Gasteiger partial charge < -0.3 is 15.0 Å². The van der Waals surface area contributed by atoms with Crippen molar-refractivity contribution in [3.8, 4) is 11.9 Å². The average molecular weight is 553 g/mol. The lowest BCUT2D eigenvalue weighted by atomic mass is 10.0. The van der Waals surface area contributed by atoms with Crippen LogP contribution in [0.4, 0.5) is 22.1 Å². The monoisotopic (exact) mass is 552 g/mol. The van der Waals surface area contributed by atoms with Crippen LogP contribution in [0.5, 0.6) is 5.88 Å². The average Bonchev–Trinajstić information content (AvgIpc) is 2.92. The number of aryl methyl sites for hydroxylation is 1. The second kappa shape index (κ2) is 12.1. The molecular formula is C27H36N8O3S. The third-order valence-electron chi connectivity index (χ3n) is 7.03. The number of amides is 3. The number of pyridine rings is 2. The Hall–Kier alpha value is -3.56. The molecule has 3 amide bonds. The molecule has 0 aliphatic carbocycles. The fourth-order valence-electron chi connectivity index (χ4n) is 4.53. The normalized spacial score (nSPS) is 15.9. The summed E-state index contributed by atoms with van der Waals surface area (Å²) in [6, 6.07) is 5.48. The molecule has 1 saturated heterocycles. The molecule has 1 fully saturated rings. The van der Waals surface area contributed by atoms with Gasteiger partial charge in [-0.05, 0) is 51.6 Å². The molecule has 208 valence electrons. The number of ether oxygens (including phenoxy) is 1. The molecule has 2 aliphatic rings. The highest BCUT2D eigenvalue weighted by Crippen LogP contribution is 2.32. The number of hydrogen-bond acceptors (Lipinski definition) is 9. The van der Waals surface area contributed by atoms with E-state index in [0.29, 0.717) is 61.5 Å². The molecule has 0 bridgehead atoms. The predicted octanol–water partition coefficient (Wildman–Crippen LogP) is 3.17. The molecule has 2 N–H and O–H groups in total. The smallest absolute Gasteiger partial charge is 0.328 e. The predicted molar refractivity (Wildman–Crippen MR) is 153 cm³/mol. The van der Waals surface area contributed by atoms with E-state index in [1.54, 1.807) is 29.8 Å². The highest BCUT2D eigenvalue weighted by Gasteiger charge is 2.29. The lowest BCUT2D eigenvalue weighted by Gasteiger charge is -2.33. The van der Waals surface area contributed by atoms with Crippen LogP contribution in [0.1, 0.15) is 37.0 Å². The standard InChI is InChI=1S/C27H36N8O3S/c1-27(2,39-5)17-30-21-12-22(29-14-20(21)13-28)31-26(37)35-8-6-7-18-11-19(25(38-4)32-24(18)35)15-34-10-9-33(3)16-23(34)36/h11-12,14H,6-10,15-17H2,1-5H3,(H2,29,30,31,37). The Bertz CT molecular complexity index is 1280. The van der Waals surface area contributed by atoms with Gasteiger partial charge in [0.25, 0.3) is 0 Å². The van der Waals surface area contributed by atoms with E-state index >= 15 is 0 Å². The minimum absolute atomic E-state index is 0.0296. The van der Waals surface area contributed by atoms with Crippen molar-refractivity contribution in [2.24, 2.45) is 0 Å². The van der Waals surface area contributed by atoms with E-state index in [4.69, 9.17) is 9.72 Å². The summed E-state index contributed by atoms with van der Waals surface area (Å²) >= 11 is 1.72. The maximum atomic E-state index is 13.4. The number of hydrogen-bond donors (Lipinski definition) is 2. The van der Waals surface area contributed by atoms with E-state index in [2.05, 4.69) is 35.5 Å². The quantitative estimate of drug-likeness (QED) is 0.508. The summed E-state index contributed by atoms with van der Waals surface area (Å²) in [5.74, 6) is 1.36. The van der Waals surface area contributed by atoms with Crippen LogP contribution in [0.2, 0.25) is 0 Å². The molecule has 2 aromatic heterocycles. The van der Waals surface area contributed by atoms with Gasteiger partial charge in [0.15, 0.2) is 0 Å². The number of fused-ring (bicyclic) bond motifs is 1. The van der Waals surface area contributed by atoms with Gasteiger partial charge in [-0.1, -0.05) is 0 Å². The molecule has 12 heteroatoms. The van der Waals surface area contributed by atoms with Gasteiger partial charge in [0.05, 0.1) is 31.5 Å². The first kappa shape index (κ1) is 28.4. The van der Waals surface area contributed by atoms with Crippen LogP contribution in [0, 0.1) is 11.3 Å². The first-order valence-corrected chi connectivity index (χ1v) is 14.2. The molecule has 0 aromatic carbocycles. The van der Waals surface area contributed by atoms with Crippen LogP contribution in [0.3, 0.4) is 0 Å². The largest absolute Gasteiger partial charge is 0.481 e. The SMILES string of the molecule is COc1nc2c(cc1CN1CCN(C)CC1=O)CCCN2C(=O)Nc1cc(NCC(C)(C)SC)c(C#N)cn1. The summed E-state index contributed by atoms with van der Waals surface area (Å²) in [6.45, 7) is 7.64. The second-order valence-electron chi connectivity index (χ2n) is 10.4. The number of nitrogens with one attached hydrogen (secondary N) is 2. The van der Waals surface area contributed by atoms with Crippen LogP contribution in [-0.2, 0) is 17.8 Å². The Morgan fingerprint density at radius 3 is 2.77 bits per heavy atom. The number of nitrogens with zero attached hydrogens (tertiary/aromatic N) is 6. The van der Waals surface area contributed by atoms with Crippen LogP contribution in [0.25, 0.3) is 0 Å². The fraction of sp³-hybridized carbons (Fsp3) is 0.519. The van der Waals surface area contributed by atoms with Crippen LogP contribution in [-0.4, -0.2) is 89.6 Å². The lowest BCUT2D eigenvalue weighted by molar-refractivity contribution is -0.136. The van der Waals surface area contributed by atoms with Gasteiger partial charge in [-0.3, -0.25) is 19.9 Å². The number of urea groups is 1. The number of methoxy groups -OCH3 is 1. The third-order valence-corrected chi connectivity index (χ3v) is 8.28. The van der Waals surface area contributed by atoms with Gasteiger partial charge in [-0.25, -0.2) is 9.78 Å². The number of nitriles is 1. The number of carbonyl (C=O) groups excluding carboxylic acids is 2. The second-order valence-corrected chi connectivity index (χ2v) is 11.9. The topological polar surface area (TPSA) is 127 Å². The zero-order valence-electron chi connectivity index (χ0n) is 23.2. The summed E-state index contributed by atoms with van der Waals surface area (Å²) in [7, 11) is 3.48. The van der Waals surface area contributed by atoms with E-state index in [1.807, 2.05) is 29.2 Å². The molecule has 0 atom stereocenters. The van der Waals surface area contributed by atoms with Crippen molar-refractivity contribution in [3.05, 3.63) is 35.0 Å². The number of anilines is 3. The summed E-state index contributed by atoms with van der Waals surface area (Å²) in [5.41, 5.74) is 2.79. The Balaban J connectivity index is 1.53. The highest BCUT2D eigenvalue weighted by atomic mass is 32.2. The first-order valence-electron chi connectivity index (χ1n) is 12.9. The molecule has 0 radical (unpaired) electrons. The van der Waals surface area contributed by atoms with Crippen molar-refractivity contribution in [2.75, 3.05) is 68.7 Å². The van der Waals surface area contributed by atoms with Crippen molar-refractivity contribution in [2.45, 2.75) is 38.0 Å². The summed E-state index contributed by atoms with van der Waals surface area (Å²) in [6.07, 6.45) is 5.05. The van der Waals surface area contributed by atoms with Gasteiger partial charge in [0.2, 0.25) is 11.8 Å². The fourth-order valence-corrected chi connectivity index (χ4v) is 4.75.